The van der Waals surface area contributed by atoms with Crippen LogP contribution in [0.25, 0.3) is 0 Å². The Kier molecular flexibility index (Phi) is 8.90. The number of nitrogens with one attached hydrogen (secondary N) is 1. The highest BCUT2D eigenvalue weighted by Crippen LogP contribution is 2.46. The van der Waals surface area contributed by atoms with E-state index in [9.17, 15) is 43.9 Å². The van der Waals surface area contributed by atoms with Gasteiger partial charge >= 0.3 is 18.5 Å². The Hall–Kier alpha value is -0.980. The van der Waals surface area contributed by atoms with Gasteiger partial charge in [0.1, 0.15) is 11.9 Å². The van der Waals surface area contributed by atoms with E-state index in [0.717, 1.165) is 0 Å². The fourth-order valence-corrected chi connectivity index (χ4v) is 2.79. The second-order valence-electron chi connectivity index (χ2n) is 5.64. The Morgan fingerprint density at radius 2 is 1.32 bits per heavy atom. The normalized spacial score (nSPS) is 17.5. The van der Waals surface area contributed by atoms with Crippen LogP contribution in [0.2, 0.25) is 0 Å². The van der Waals surface area contributed by atoms with E-state index >= 15 is 0 Å². The molecule has 1 atom stereocenters. The van der Waals surface area contributed by atoms with Crippen LogP contribution in [0, 0.1) is 5.82 Å². The van der Waals surface area contributed by atoms with Crippen LogP contribution in [-0.4, -0.2) is 37.3 Å². The molecule has 1 heterocycles. The van der Waals surface area contributed by atoms with Crippen molar-refractivity contribution in [2.75, 3.05) is 26.2 Å². The van der Waals surface area contributed by atoms with Crippen LogP contribution in [0.1, 0.15) is 22.7 Å². The van der Waals surface area contributed by atoms with Gasteiger partial charge in [-0.05, 0) is 12.1 Å². The first-order valence-corrected chi connectivity index (χ1v) is 7.22. The number of benzene rings is 1. The topological polar surface area (TPSA) is 15.3 Å². The Morgan fingerprint density at radius 1 is 0.821 bits per heavy atom. The fraction of sp³-hybridized carbons (Fsp3) is 0.571. The molecule has 1 aromatic rings. The van der Waals surface area contributed by atoms with Gasteiger partial charge in [-0.3, -0.25) is 4.90 Å². The lowest BCUT2D eigenvalue weighted by Gasteiger charge is -2.37. The number of rotatable bonds is 2. The Morgan fingerprint density at radius 3 is 1.71 bits per heavy atom. The van der Waals surface area contributed by atoms with Gasteiger partial charge in [0, 0.05) is 31.7 Å². The second-order valence-corrected chi connectivity index (χ2v) is 5.64. The largest absolute Gasteiger partial charge is 0.416 e. The average Bonchev–Trinajstić information content (AvgIpc) is 2.46. The molecule has 0 radical (unpaired) electrons. The summed E-state index contributed by atoms with van der Waals surface area (Å²) in [5.74, 6) is -2.20. The molecule has 1 fully saturated rings. The second kappa shape index (κ2) is 9.23. The van der Waals surface area contributed by atoms with Crippen LogP contribution in [-0.2, 0) is 12.4 Å². The van der Waals surface area contributed by atoms with Crippen LogP contribution in [0.15, 0.2) is 12.1 Å². The third-order valence-corrected chi connectivity index (χ3v) is 3.86. The highest BCUT2D eigenvalue weighted by atomic mass is 35.5. The summed E-state index contributed by atoms with van der Waals surface area (Å²) in [5, 5.41) is 2.69. The first-order chi connectivity index (χ1) is 11.7. The zero-order valence-electron chi connectivity index (χ0n) is 13.6. The minimum atomic E-state index is -5.60. The number of hydrogen-bond acceptors (Lipinski definition) is 2. The average molecular weight is 471 g/mol. The number of nitrogens with zero attached hydrogens (tertiary/aromatic N) is 1. The van der Waals surface area contributed by atoms with Crippen molar-refractivity contribution < 1.29 is 43.9 Å². The minimum Gasteiger partial charge on any atom is -0.314 e. The van der Waals surface area contributed by atoms with Crippen LogP contribution in [0.4, 0.5) is 43.9 Å². The van der Waals surface area contributed by atoms with Gasteiger partial charge in [0.05, 0.1) is 11.1 Å². The zero-order valence-corrected chi connectivity index (χ0v) is 15.2. The Balaban J connectivity index is 0.00000364. The highest BCUT2D eigenvalue weighted by molar-refractivity contribution is 5.85. The summed E-state index contributed by atoms with van der Waals surface area (Å²) in [7, 11) is 0. The molecule has 0 saturated carbocycles. The van der Waals surface area contributed by atoms with E-state index in [-0.39, 0.29) is 57.1 Å². The van der Waals surface area contributed by atoms with Crippen LogP contribution >= 0.6 is 24.8 Å². The zero-order chi connectivity index (χ0) is 19.9. The Labute approximate surface area is 165 Å². The van der Waals surface area contributed by atoms with E-state index in [0.29, 0.717) is 4.90 Å². The molecular formula is C14H14Cl2F10N2. The molecule has 28 heavy (non-hydrogen) atoms. The van der Waals surface area contributed by atoms with Gasteiger partial charge in [0.25, 0.3) is 0 Å². The van der Waals surface area contributed by atoms with Crippen LogP contribution in [0.3, 0.4) is 0 Å². The molecular weight excluding hydrogens is 457 g/mol. The predicted molar refractivity (Wildman–Crippen MR) is 84.1 cm³/mol. The molecule has 0 bridgehead atoms. The number of halogens is 12. The molecule has 0 aliphatic carbocycles. The third-order valence-electron chi connectivity index (χ3n) is 3.86. The summed E-state index contributed by atoms with van der Waals surface area (Å²) in [6.45, 7) is -0.670. The molecule has 0 aromatic heterocycles. The van der Waals surface area contributed by atoms with Gasteiger partial charge in [-0.1, -0.05) is 0 Å². The highest BCUT2D eigenvalue weighted by Gasteiger charge is 2.51. The molecule has 164 valence electrons. The van der Waals surface area contributed by atoms with Crippen molar-refractivity contribution in [2.24, 2.45) is 0 Å². The number of piperazine rings is 1. The van der Waals surface area contributed by atoms with Gasteiger partial charge in [0.15, 0.2) is 0 Å². The predicted octanol–water partition coefficient (Wildman–Crippen LogP) is 5.22. The van der Waals surface area contributed by atoms with Crippen LogP contribution in [0.5, 0.6) is 0 Å². The standard InChI is InChI=1S/C14H12F10N2.2ClH/c15-9-6-7(12(16,17)18)5-8(13(19,20)21)10(9)11(14(22,23)24)26-3-1-25-2-4-26;;/h5-6,11,25H,1-4H2;2*1H/t11-;;/m0../s1. The molecule has 0 unspecified atom stereocenters. The number of alkyl halides is 9. The summed E-state index contributed by atoms with van der Waals surface area (Å²) in [6.07, 6.45) is -16.3. The van der Waals surface area contributed by atoms with Gasteiger partial charge in [-0.2, -0.15) is 39.5 Å². The molecule has 2 rings (SSSR count). The summed E-state index contributed by atoms with van der Waals surface area (Å²) in [6, 6.07) is -3.84. The van der Waals surface area contributed by atoms with Crippen molar-refractivity contribution in [2.45, 2.75) is 24.6 Å². The van der Waals surface area contributed by atoms with Gasteiger partial charge in [-0.15, -0.1) is 24.8 Å². The van der Waals surface area contributed by atoms with E-state index < -0.39 is 53.1 Å². The third kappa shape index (κ3) is 6.01. The lowest BCUT2D eigenvalue weighted by molar-refractivity contribution is -0.191. The van der Waals surface area contributed by atoms with Crippen LogP contribution < -0.4 is 5.32 Å². The molecule has 0 spiro atoms. The Bertz CT molecular complexity index is 651. The molecule has 1 saturated heterocycles. The fourth-order valence-electron chi connectivity index (χ4n) is 2.79. The summed E-state index contributed by atoms with van der Waals surface area (Å²) in [5.41, 5.74) is -6.14. The lowest BCUT2D eigenvalue weighted by Crippen LogP contribution is -2.49. The van der Waals surface area contributed by atoms with Gasteiger partial charge in [-0.25, -0.2) is 4.39 Å². The van der Waals surface area contributed by atoms with E-state index in [4.69, 9.17) is 0 Å². The van der Waals surface area contributed by atoms with Gasteiger partial charge < -0.3 is 5.32 Å². The van der Waals surface area contributed by atoms with Crippen molar-refractivity contribution in [1.29, 1.82) is 0 Å². The van der Waals surface area contributed by atoms with Gasteiger partial charge in [0.2, 0.25) is 0 Å². The SMILES string of the molecule is Cl.Cl.Fc1cc(C(F)(F)F)cc(C(F)(F)F)c1[C@H](N1CCNCC1)C(F)(F)F. The minimum absolute atomic E-state index is 0. The number of hydrogen-bond donors (Lipinski definition) is 1. The molecule has 1 aliphatic rings. The molecule has 0 amide bonds. The van der Waals surface area contributed by atoms with E-state index in [2.05, 4.69) is 5.32 Å². The summed E-state index contributed by atoms with van der Waals surface area (Å²) >= 11 is 0. The maximum atomic E-state index is 14.2. The molecule has 14 heteroatoms. The molecule has 1 aromatic carbocycles. The lowest BCUT2D eigenvalue weighted by atomic mass is 9.94. The first-order valence-electron chi connectivity index (χ1n) is 7.22. The van der Waals surface area contributed by atoms with Crippen molar-refractivity contribution in [3.05, 3.63) is 34.6 Å². The monoisotopic (exact) mass is 470 g/mol. The van der Waals surface area contributed by atoms with E-state index in [1.165, 1.54) is 0 Å². The summed E-state index contributed by atoms with van der Waals surface area (Å²) < 4.78 is 132. The quantitative estimate of drug-likeness (QED) is 0.596. The maximum absolute atomic E-state index is 14.2. The van der Waals surface area contributed by atoms with E-state index in [1.54, 1.807) is 0 Å². The van der Waals surface area contributed by atoms with Crippen molar-refractivity contribution in [3.8, 4) is 0 Å². The van der Waals surface area contributed by atoms with E-state index in [1.807, 2.05) is 0 Å². The molecule has 2 nitrogen and oxygen atoms in total. The first kappa shape index (κ1) is 27.0. The van der Waals surface area contributed by atoms with Crippen molar-refractivity contribution in [1.82, 2.24) is 10.2 Å². The molecule has 1 aliphatic heterocycles. The molecule has 1 N–H and O–H groups in total. The van der Waals surface area contributed by atoms with Crippen molar-refractivity contribution >= 4 is 24.8 Å². The smallest absolute Gasteiger partial charge is 0.314 e. The maximum Gasteiger partial charge on any atom is 0.416 e. The van der Waals surface area contributed by atoms with Crippen molar-refractivity contribution in [3.63, 3.8) is 0 Å². The summed E-state index contributed by atoms with van der Waals surface area (Å²) in [4.78, 5) is 0.567.